The van der Waals surface area contributed by atoms with Crippen molar-refractivity contribution < 1.29 is 9.84 Å². The molecule has 0 spiro atoms. The molecule has 0 aliphatic heterocycles. The van der Waals surface area contributed by atoms with Crippen LogP contribution >= 0.6 is 0 Å². The first-order valence-corrected chi connectivity index (χ1v) is 12.4. The van der Waals surface area contributed by atoms with Crippen molar-refractivity contribution in [1.82, 2.24) is 5.32 Å². The summed E-state index contributed by atoms with van der Waals surface area (Å²) < 4.78 is 6.35. The Balaban J connectivity index is 1.32. The summed E-state index contributed by atoms with van der Waals surface area (Å²) in [6.45, 7) is 9.73. The minimum absolute atomic E-state index is 0.0869. The molecule has 0 aromatic heterocycles. The van der Waals surface area contributed by atoms with Crippen LogP contribution in [0.4, 0.5) is 0 Å². The maximum atomic E-state index is 10.7. The first-order chi connectivity index (χ1) is 15.8. The van der Waals surface area contributed by atoms with Gasteiger partial charge in [0.05, 0.1) is 18.8 Å². The second-order valence-corrected chi connectivity index (χ2v) is 10.7. The highest BCUT2D eigenvalue weighted by Gasteiger charge is 2.35. The Labute approximate surface area is 199 Å². The molecule has 2 N–H and O–H groups in total. The number of benzene rings is 3. The van der Waals surface area contributed by atoms with Gasteiger partial charge in [0, 0.05) is 12.1 Å². The second-order valence-electron chi connectivity index (χ2n) is 10.7. The molecule has 3 aromatic carbocycles. The van der Waals surface area contributed by atoms with Gasteiger partial charge in [-0.3, -0.25) is 0 Å². The molecule has 3 heteroatoms. The number of hydrogen-bond acceptors (Lipinski definition) is 3. The first kappa shape index (κ1) is 23.9. The van der Waals surface area contributed by atoms with Gasteiger partial charge in [-0.2, -0.15) is 0 Å². The van der Waals surface area contributed by atoms with Crippen LogP contribution in [0.25, 0.3) is 10.8 Å². The Morgan fingerprint density at radius 3 is 2.30 bits per heavy atom. The van der Waals surface area contributed by atoms with Gasteiger partial charge in [0.2, 0.25) is 0 Å². The Bertz CT molecular complexity index is 1050. The Kier molecular flexibility index (Phi) is 7.53. The Morgan fingerprint density at radius 2 is 1.61 bits per heavy atom. The van der Waals surface area contributed by atoms with Crippen molar-refractivity contribution in [3.8, 4) is 0 Å². The van der Waals surface area contributed by atoms with E-state index in [1.54, 1.807) is 0 Å². The first-order valence-electron chi connectivity index (χ1n) is 12.4. The molecular formula is C30H39NO2. The van der Waals surface area contributed by atoms with E-state index in [4.69, 9.17) is 4.74 Å². The third-order valence-corrected chi connectivity index (χ3v) is 6.72. The van der Waals surface area contributed by atoms with E-state index >= 15 is 0 Å². The molecule has 4 rings (SSSR count). The van der Waals surface area contributed by atoms with E-state index in [1.807, 2.05) is 0 Å². The van der Waals surface area contributed by atoms with E-state index in [0.717, 1.165) is 6.42 Å². The number of fused-ring (bicyclic) bond motifs is 1. The highest BCUT2D eigenvalue weighted by Crippen LogP contribution is 2.45. The molecule has 0 heterocycles. The lowest BCUT2D eigenvalue weighted by molar-refractivity contribution is -0.0215. The maximum Gasteiger partial charge on any atom is 0.0898 e. The zero-order valence-electron chi connectivity index (χ0n) is 20.6. The summed E-state index contributed by atoms with van der Waals surface area (Å²) in [6.07, 6.45) is 2.88. The molecule has 3 nitrogen and oxygen atoms in total. The van der Waals surface area contributed by atoms with Crippen LogP contribution < -0.4 is 5.32 Å². The summed E-state index contributed by atoms with van der Waals surface area (Å²) in [6, 6.07) is 23.8. The average molecular weight is 446 g/mol. The van der Waals surface area contributed by atoms with E-state index in [9.17, 15) is 5.11 Å². The van der Waals surface area contributed by atoms with E-state index < -0.39 is 6.10 Å². The number of rotatable bonds is 11. The summed E-state index contributed by atoms with van der Waals surface area (Å²) in [5.74, 6) is 1.04. The lowest BCUT2D eigenvalue weighted by atomic mass is 9.92. The molecule has 0 radical (unpaired) electrons. The predicted octanol–water partition coefficient (Wildman–Crippen LogP) is 6.40. The molecule has 176 valence electrons. The van der Waals surface area contributed by atoms with Gasteiger partial charge in [0.1, 0.15) is 0 Å². The molecule has 3 aromatic rings. The van der Waals surface area contributed by atoms with Crippen molar-refractivity contribution >= 4 is 10.8 Å². The van der Waals surface area contributed by atoms with Crippen molar-refractivity contribution in [3.63, 3.8) is 0 Å². The SMILES string of the molecule is CC(C)c1ccccc1C(OC[C@H](O)CNC(C)(C)Cc1ccc2ccccc2c1)C1CC1. The van der Waals surface area contributed by atoms with Crippen molar-refractivity contribution in [2.24, 2.45) is 5.92 Å². The standard InChI is InChI=1S/C30H39NO2/c1-21(2)27-11-7-8-12-28(27)29(24-15-16-24)33-20-26(32)19-31-30(3,4)18-22-13-14-23-9-5-6-10-25(23)17-22/h5-14,17,21,24,26,29,31-32H,15-16,18-20H2,1-4H3/t26-,29?/m1/s1. The Hall–Kier alpha value is -2.20. The van der Waals surface area contributed by atoms with Gasteiger partial charge in [-0.25, -0.2) is 0 Å². The smallest absolute Gasteiger partial charge is 0.0898 e. The zero-order chi connectivity index (χ0) is 23.4. The van der Waals surface area contributed by atoms with E-state index in [0.29, 0.717) is 25.0 Å². The normalized spacial score (nSPS) is 16.3. The number of hydrogen-bond donors (Lipinski definition) is 2. The molecule has 1 saturated carbocycles. The molecule has 1 aliphatic rings. The molecule has 2 atom stereocenters. The molecule has 1 unspecified atom stereocenters. The predicted molar refractivity (Wildman–Crippen MR) is 138 cm³/mol. The molecule has 0 bridgehead atoms. The van der Waals surface area contributed by atoms with Crippen LogP contribution in [-0.4, -0.2) is 29.9 Å². The molecule has 0 amide bonds. The minimum Gasteiger partial charge on any atom is -0.389 e. The second kappa shape index (κ2) is 10.4. The summed E-state index contributed by atoms with van der Waals surface area (Å²) in [7, 11) is 0. The summed E-state index contributed by atoms with van der Waals surface area (Å²) >= 11 is 0. The van der Waals surface area contributed by atoms with Crippen molar-refractivity contribution in [2.75, 3.05) is 13.2 Å². The van der Waals surface area contributed by atoms with Crippen LogP contribution in [0.3, 0.4) is 0 Å². The molecule has 1 fully saturated rings. The number of β-amino-alcohol motifs (C(OH)–C–C–N with tert-alkyl or cyclic N) is 1. The quantitative estimate of drug-likeness (QED) is 0.359. The minimum atomic E-state index is -0.534. The third-order valence-electron chi connectivity index (χ3n) is 6.72. The lowest BCUT2D eigenvalue weighted by Gasteiger charge is -2.29. The van der Waals surface area contributed by atoms with Gasteiger partial charge in [-0.05, 0) is 72.4 Å². The van der Waals surface area contributed by atoms with Gasteiger partial charge in [-0.1, -0.05) is 80.6 Å². The highest BCUT2D eigenvalue weighted by molar-refractivity contribution is 5.83. The van der Waals surface area contributed by atoms with Crippen LogP contribution in [0.2, 0.25) is 0 Å². The number of aliphatic hydroxyl groups excluding tert-OH is 1. The van der Waals surface area contributed by atoms with Gasteiger partial charge in [0.25, 0.3) is 0 Å². The van der Waals surface area contributed by atoms with E-state index in [2.05, 4.69) is 99.7 Å². The van der Waals surface area contributed by atoms with Crippen LogP contribution in [0.15, 0.2) is 66.7 Å². The van der Waals surface area contributed by atoms with Crippen LogP contribution in [-0.2, 0) is 11.2 Å². The number of aliphatic hydroxyl groups is 1. The van der Waals surface area contributed by atoms with Crippen molar-refractivity contribution in [3.05, 3.63) is 83.4 Å². The largest absolute Gasteiger partial charge is 0.389 e. The molecule has 1 aliphatic carbocycles. The fourth-order valence-corrected chi connectivity index (χ4v) is 4.76. The monoisotopic (exact) mass is 445 g/mol. The number of nitrogens with one attached hydrogen (secondary N) is 1. The topological polar surface area (TPSA) is 41.5 Å². The third kappa shape index (κ3) is 6.44. The van der Waals surface area contributed by atoms with Gasteiger partial charge in [-0.15, -0.1) is 0 Å². The van der Waals surface area contributed by atoms with Gasteiger partial charge < -0.3 is 15.2 Å². The Morgan fingerprint density at radius 1 is 0.939 bits per heavy atom. The van der Waals surface area contributed by atoms with Crippen LogP contribution in [0, 0.1) is 5.92 Å². The average Bonchev–Trinajstić information content (AvgIpc) is 3.63. The zero-order valence-corrected chi connectivity index (χ0v) is 20.6. The summed E-state index contributed by atoms with van der Waals surface area (Å²) in [5.41, 5.74) is 3.84. The number of ether oxygens (including phenoxy) is 1. The fraction of sp³-hybridized carbons (Fsp3) is 0.467. The lowest BCUT2D eigenvalue weighted by Crippen LogP contribution is -2.46. The maximum absolute atomic E-state index is 10.7. The van der Waals surface area contributed by atoms with Crippen molar-refractivity contribution in [1.29, 1.82) is 0 Å². The fourth-order valence-electron chi connectivity index (χ4n) is 4.76. The molecule has 33 heavy (non-hydrogen) atoms. The van der Waals surface area contributed by atoms with E-state index in [-0.39, 0.29) is 11.6 Å². The summed E-state index contributed by atoms with van der Waals surface area (Å²) in [4.78, 5) is 0. The van der Waals surface area contributed by atoms with Crippen molar-refractivity contribution in [2.45, 2.75) is 70.6 Å². The van der Waals surface area contributed by atoms with Crippen LogP contribution in [0.5, 0.6) is 0 Å². The van der Waals surface area contributed by atoms with E-state index in [1.165, 1.54) is 40.3 Å². The molecule has 0 saturated heterocycles. The van der Waals surface area contributed by atoms with Gasteiger partial charge >= 0.3 is 0 Å². The van der Waals surface area contributed by atoms with Crippen LogP contribution in [0.1, 0.15) is 69.2 Å². The highest BCUT2D eigenvalue weighted by atomic mass is 16.5. The van der Waals surface area contributed by atoms with Gasteiger partial charge in [0.15, 0.2) is 0 Å². The summed E-state index contributed by atoms with van der Waals surface area (Å²) in [5, 5.41) is 16.8. The molecular weight excluding hydrogens is 406 g/mol.